The maximum absolute atomic E-state index is 2.54. The minimum Gasteiger partial charge on any atom is -0.306 e. The highest BCUT2D eigenvalue weighted by molar-refractivity contribution is 7.36. The number of hydrogen-bond acceptors (Lipinski definition) is 2. The van der Waals surface area contributed by atoms with Crippen LogP contribution in [0.15, 0.2) is 109 Å². The van der Waals surface area contributed by atoms with Gasteiger partial charge < -0.3 is 8.80 Å². The molecule has 0 amide bonds. The summed E-state index contributed by atoms with van der Waals surface area (Å²) >= 11 is 3.78. The second-order valence-electron chi connectivity index (χ2n) is 10.2. The third-order valence-electron chi connectivity index (χ3n) is 8.26. The first-order valence-corrected chi connectivity index (χ1v) is 14.5. The highest BCUT2D eigenvalue weighted by Gasteiger charge is 2.21. The third-order valence-corrected chi connectivity index (χ3v) is 10.8. The molecule has 0 aliphatic heterocycles. The maximum Gasteiger partial charge on any atom is 0.0718 e. The molecule has 176 valence electrons. The maximum atomic E-state index is 2.54. The summed E-state index contributed by atoms with van der Waals surface area (Å²) in [4.78, 5) is 0. The van der Waals surface area contributed by atoms with Gasteiger partial charge in [-0.15, -0.1) is 22.7 Å². The zero-order valence-electron chi connectivity index (χ0n) is 20.1. The Morgan fingerprint density at radius 2 is 0.868 bits per heavy atom. The van der Waals surface area contributed by atoms with Crippen molar-refractivity contribution in [1.82, 2.24) is 8.80 Å². The van der Waals surface area contributed by atoms with E-state index in [1.54, 1.807) is 0 Å². The second kappa shape index (κ2) is 6.73. The van der Waals surface area contributed by atoms with Crippen LogP contribution in [0.1, 0.15) is 0 Å². The standard InChI is InChI=1S/C34H18N2S2/c1-3-9-24-20(7-1)22-15-13-19-14-16-23-21-8-2-4-10-25(21)36-27-18-31-30(37-28-11-5-6-12-29(28)38-31)17-26(27)35(24)33(22)32(19)34(23)36/h1-18H. The average Bonchev–Trinajstić information content (AvgIpc) is 3.44. The number of nitrogens with zero attached hydrogens (tertiary/aromatic N) is 2. The van der Waals surface area contributed by atoms with E-state index < -0.39 is 0 Å². The number of aromatic nitrogens is 2. The fourth-order valence-electron chi connectivity index (χ4n) is 6.73. The third kappa shape index (κ3) is 2.26. The molecule has 0 aliphatic rings. The van der Waals surface area contributed by atoms with Crippen molar-refractivity contribution in [3.63, 3.8) is 0 Å². The smallest absolute Gasteiger partial charge is 0.0718 e. The number of para-hydroxylation sites is 2. The van der Waals surface area contributed by atoms with Gasteiger partial charge in [0, 0.05) is 45.7 Å². The fraction of sp³-hybridized carbons (Fsp3) is 0. The van der Waals surface area contributed by atoms with Crippen LogP contribution in [0.3, 0.4) is 0 Å². The molecule has 4 heterocycles. The molecule has 0 saturated carbocycles. The van der Waals surface area contributed by atoms with Crippen molar-refractivity contribution >= 4 is 107 Å². The normalized spacial score (nSPS) is 12.7. The van der Waals surface area contributed by atoms with E-state index in [1.807, 2.05) is 22.7 Å². The quantitative estimate of drug-likeness (QED) is 0.177. The molecule has 6 aromatic carbocycles. The lowest BCUT2D eigenvalue weighted by Crippen LogP contribution is -1.88. The largest absolute Gasteiger partial charge is 0.306 e. The zero-order chi connectivity index (χ0) is 24.5. The van der Waals surface area contributed by atoms with Crippen molar-refractivity contribution in [1.29, 1.82) is 0 Å². The molecule has 0 aliphatic carbocycles. The SMILES string of the molecule is c1ccc2sc3cc4c(cc3sc2c1)n1c2ccccc2c2ccc3ccc5c6ccccc6n4c5c3c21. The van der Waals surface area contributed by atoms with Crippen LogP contribution in [0.2, 0.25) is 0 Å². The van der Waals surface area contributed by atoms with Crippen LogP contribution < -0.4 is 0 Å². The van der Waals surface area contributed by atoms with Crippen molar-refractivity contribution in [2.24, 2.45) is 0 Å². The van der Waals surface area contributed by atoms with Crippen molar-refractivity contribution in [3.8, 4) is 0 Å². The molecule has 0 fully saturated rings. The summed E-state index contributed by atoms with van der Waals surface area (Å²) in [6, 6.07) is 40.7. The van der Waals surface area contributed by atoms with Gasteiger partial charge in [0.1, 0.15) is 0 Å². The topological polar surface area (TPSA) is 8.82 Å². The first kappa shape index (κ1) is 19.7. The summed E-state index contributed by atoms with van der Waals surface area (Å²) in [6.45, 7) is 0. The van der Waals surface area contributed by atoms with Crippen LogP contribution in [0, 0.1) is 0 Å². The summed E-state index contributed by atoms with van der Waals surface area (Å²) in [7, 11) is 0. The Morgan fingerprint density at radius 1 is 0.395 bits per heavy atom. The van der Waals surface area contributed by atoms with Crippen molar-refractivity contribution in [2.45, 2.75) is 0 Å². The summed E-state index contributed by atoms with van der Waals surface area (Å²) in [6.07, 6.45) is 0. The molecule has 38 heavy (non-hydrogen) atoms. The Hall–Kier alpha value is -4.38. The molecular formula is C34H18N2S2. The molecule has 0 radical (unpaired) electrons. The van der Waals surface area contributed by atoms with Gasteiger partial charge in [-0.2, -0.15) is 0 Å². The zero-order valence-corrected chi connectivity index (χ0v) is 21.7. The van der Waals surface area contributed by atoms with Crippen molar-refractivity contribution in [3.05, 3.63) is 109 Å². The lowest BCUT2D eigenvalue weighted by Gasteiger charge is -2.07. The Morgan fingerprint density at radius 3 is 1.39 bits per heavy atom. The Labute approximate surface area is 224 Å². The number of hydrogen-bond donors (Lipinski definition) is 0. The highest BCUT2D eigenvalue weighted by Crippen LogP contribution is 2.44. The number of fused-ring (bicyclic) bond motifs is 11. The second-order valence-corrected chi connectivity index (χ2v) is 12.3. The van der Waals surface area contributed by atoms with E-state index in [0.29, 0.717) is 0 Å². The molecule has 2 nitrogen and oxygen atoms in total. The van der Waals surface area contributed by atoms with Gasteiger partial charge in [-0.1, -0.05) is 72.8 Å². The lowest BCUT2D eigenvalue weighted by molar-refractivity contribution is 1.32. The molecule has 4 heteroatoms. The van der Waals surface area contributed by atoms with E-state index in [2.05, 4.69) is 118 Å². The van der Waals surface area contributed by atoms with E-state index in [4.69, 9.17) is 0 Å². The van der Waals surface area contributed by atoms with E-state index in [1.165, 1.54) is 84.2 Å². The van der Waals surface area contributed by atoms with Gasteiger partial charge in [0.2, 0.25) is 0 Å². The van der Waals surface area contributed by atoms with Crippen LogP contribution in [-0.4, -0.2) is 8.80 Å². The van der Waals surface area contributed by atoms with E-state index >= 15 is 0 Å². The van der Waals surface area contributed by atoms with E-state index in [9.17, 15) is 0 Å². The molecule has 0 unspecified atom stereocenters. The van der Waals surface area contributed by atoms with Gasteiger partial charge in [0.15, 0.2) is 0 Å². The first-order valence-electron chi connectivity index (χ1n) is 12.9. The monoisotopic (exact) mass is 518 g/mol. The summed E-state index contributed by atoms with van der Waals surface area (Å²) in [5, 5.41) is 7.87. The van der Waals surface area contributed by atoms with E-state index in [0.717, 1.165) is 0 Å². The van der Waals surface area contributed by atoms with Crippen LogP contribution >= 0.6 is 22.7 Å². The molecule has 0 saturated heterocycles. The lowest BCUT2D eigenvalue weighted by atomic mass is 10.0. The van der Waals surface area contributed by atoms with E-state index in [-0.39, 0.29) is 0 Å². The predicted molar refractivity (Wildman–Crippen MR) is 167 cm³/mol. The molecule has 0 bridgehead atoms. The van der Waals surface area contributed by atoms with Crippen LogP contribution in [0.25, 0.3) is 84.2 Å². The van der Waals surface area contributed by atoms with Crippen LogP contribution in [0.4, 0.5) is 0 Å². The van der Waals surface area contributed by atoms with Crippen molar-refractivity contribution in [2.75, 3.05) is 0 Å². The highest BCUT2D eigenvalue weighted by atomic mass is 32.1. The van der Waals surface area contributed by atoms with Gasteiger partial charge in [0.05, 0.1) is 33.1 Å². The fourth-order valence-corrected chi connectivity index (χ4v) is 8.99. The molecule has 0 spiro atoms. The van der Waals surface area contributed by atoms with Crippen LogP contribution in [-0.2, 0) is 0 Å². The molecule has 10 aromatic rings. The Bertz CT molecular complexity index is 2450. The summed E-state index contributed by atoms with van der Waals surface area (Å²) in [5.41, 5.74) is 7.63. The molecule has 10 rings (SSSR count). The first-order chi connectivity index (χ1) is 18.8. The van der Waals surface area contributed by atoms with Gasteiger partial charge in [-0.05, 0) is 41.8 Å². The van der Waals surface area contributed by atoms with Crippen LogP contribution in [0.5, 0.6) is 0 Å². The van der Waals surface area contributed by atoms with Gasteiger partial charge >= 0.3 is 0 Å². The predicted octanol–water partition coefficient (Wildman–Crippen LogP) is 10.4. The minimum absolute atomic E-state index is 1.24. The Kier molecular flexibility index (Phi) is 3.49. The number of rotatable bonds is 0. The molecule has 0 atom stereocenters. The average molecular weight is 519 g/mol. The van der Waals surface area contributed by atoms with Gasteiger partial charge in [-0.25, -0.2) is 0 Å². The number of benzene rings is 6. The van der Waals surface area contributed by atoms with Gasteiger partial charge in [0.25, 0.3) is 0 Å². The Balaban J connectivity index is 1.65. The molecule has 4 aromatic heterocycles. The summed E-state index contributed by atoms with van der Waals surface area (Å²) < 4.78 is 10.4. The minimum atomic E-state index is 1.24. The summed E-state index contributed by atoms with van der Waals surface area (Å²) in [5.74, 6) is 0. The van der Waals surface area contributed by atoms with Gasteiger partial charge in [-0.3, -0.25) is 0 Å². The molecular weight excluding hydrogens is 501 g/mol. The van der Waals surface area contributed by atoms with Crippen molar-refractivity contribution < 1.29 is 0 Å². The molecule has 0 N–H and O–H groups in total.